The molecule has 4 heteroatoms. The third-order valence-corrected chi connectivity index (χ3v) is 2.42. The van der Waals surface area contributed by atoms with Crippen LogP contribution in [0.3, 0.4) is 0 Å². The van der Waals surface area contributed by atoms with Crippen molar-refractivity contribution in [3.8, 4) is 0 Å². The molecule has 0 aliphatic carbocycles. The Bertz CT molecular complexity index is 279. The van der Waals surface area contributed by atoms with E-state index >= 15 is 0 Å². The van der Waals surface area contributed by atoms with Crippen LogP contribution in [0.2, 0.25) is 0 Å². The van der Waals surface area contributed by atoms with Crippen LogP contribution in [-0.2, 0) is 4.74 Å². The molecule has 2 N–H and O–H groups in total. The van der Waals surface area contributed by atoms with Crippen molar-refractivity contribution in [1.29, 1.82) is 0 Å². The molecule has 4 nitrogen and oxygen atoms in total. The minimum Gasteiger partial charge on any atom is -0.383 e. The molecule has 16 heavy (non-hydrogen) atoms. The Morgan fingerprint density at radius 1 is 1.38 bits per heavy atom. The number of pyridine rings is 1. The molecule has 0 radical (unpaired) electrons. The molecule has 0 bridgehead atoms. The van der Waals surface area contributed by atoms with Crippen LogP contribution in [0.25, 0.3) is 0 Å². The fraction of sp³-hybridized carbons (Fsp3) is 0.583. The summed E-state index contributed by atoms with van der Waals surface area (Å²) >= 11 is 0. The highest BCUT2D eigenvalue weighted by atomic mass is 16.5. The van der Waals surface area contributed by atoms with Crippen molar-refractivity contribution < 1.29 is 4.74 Å². The maximum absolute atomic E-state index is 5.53. The highest BCUT2D eigenvalue weighted by molar-refractivity contribution is 5.38. The second kappa shape index (κ2) is 7.19. The van der Waals surface area contributed by atoms with Gasteiger partial charge in [-0.1, -0.05) is 6.07 Å². The van der Waals surface area contributed by atoms with Gasteiger partial charge in [0.15, 0.2) is 0 Å². The molecule has 1 aromatic heterocycles. The van der Waals surface area contributed by atoms with Crippen molar-refractivity contribution in [1.82, 2.24) is 4.98 Å². The summed E-state index contributed by atoms with van der Waals surface area (Å²) < 4.78 is 5.10. The van der Waals surface area contributed by atoms with E-state index in [2.05, 4.69) is 16.0 Å². The third kappa shape index (κ3) is 4.16. The van der Waals surface area contributed by atoms with Crippen molar-refractivity contribution in [2.24, 2.45) is 5.73 Å². The first-order valence-corrected chi connectivity index (χ1v) is 5.64. The van der Waals surface area contributed by atoms with Gasteiger partial charge >= 0.3 is 0 Å². The Morgan fingerprint density at radius 3 is 2.75 bits per heavy atom. The molecule has 0 aliphatic heterocycles. The number of nitrogens with two attached hydrogens (primary N) is 1. The number of methoxy groups -OCH3 is 1. The zero-order chi connectivity index (χ0) is 11.8. The predicted octanol–water partition coefficient (Wildman–Crippen LogP) is 1.19. The van der Waals surface area contributed by atoms with E-state index in [0.717, 1.165) is 25.3 Å². The molecule has 0 unspecified atom stereocenters. The van der Waals surface area contributed by atoms with Crippen LogP contribution in [-0.4, -0.2) is 38.3 Å². The average Bonchev–Trinajstić information content (AvgIpc) is 2.31. The van der Waals surface area contributed by atoms with Crippen molar-refractivity contribution >= 4 is 5.82 Å². The van der Waals surface area contributed by atoms with Gasteiger partial charge in [0.25, 0.3) is 0 Å². The number of hydrogen-bond acceptors (Lipinski definition) is 4. The number of rotatable bonds is 7. The largest absolute Gasteiger partial charge is 0.383 e. The van der Waals surface area contributed by atoms with E-state index < -0.39 is 0 Å². The molecule has 0 spiro atoms. The van der Waals surface area contributed by atoms with Gasteiger partial charge in [0.2, 0.25) is 0 Å². The normalized spacial score (nSPS) is 10.4. The van der Waals surface area contributed by atoms with Crippen LogP contribution < -0.4 is 10.6 Å². The van der Waals surface area contributed by atoms with E-state index in [1.54, 1.807) is 7.11 Å². The lowest BCUT2D eigenvalue weighted by molar-refractivity contribution is 0.205. The van der Waals surface area contributed by atoms with E-state index in [0.29, 0.717) is 13.2 Å². The molecule has 90 valence electrons. The van der Waals surface area contributed by atoms with Crippen LogP contribution in [0.5, 0.6) is 0 Å². The summed E-state index contributed by atoms with van der Waals surface area (Å²) in [6, 6.07) is 4.12. The number of nitrogens with zero attached hydrogens (tertiary/aromatic N) is 2. The van der Waals surface area contributed by atoms with Crippen LogP contribution in [0, 0.1) is 6.92 Å². The minimum absolute atomic E-state index is 0.704. The standard InChI is InChI=1S/C12H21N3O/c1-11-4-5-12(14-10-11)15(7-3-6-13)8-9-16-2/h4-5,10H,3,6-9,13H2,1-2H3. The second-order valence-electron chi connectivity index (χ2n) is 3.82. The molecule has 0 atom stereocenters. The summed E-state index contributed by atoms with van der Waals surface area (Å²) in [5.74, 6) is 0.996. The number of aromatic nitrogens is 1. The maximum Gasteiger partial charge on any atom is 0.128 e. The Labute approximate surface area is 97.4 Å². The predicted molar refractivity (Wildman–Crippen MR) is 66.7 cm³/mol. The van der Waals surface area contributed by atoms with E-state index in [1.165, 1.54) is 5.56 Å². The van der Waals surface area contributed by atoms with Crippen LogP contribution in [0.1, 0.15) is 12.0 Å². The van der Waals surface area contributed by atoms with Gasteiger partial charge in [-0.05, 0) is 31.5 Å². The molecule has 0 saturated carbocycles. The van der Waals surface area contributed by atoms with Crippen molar-refractivity contribution in [2.45, 2.75) is 13.3 Å². The molecular formula is C12H21N3O. The lowest BCUT2D eigenvalue weighted by Crippen LogP contribution is -2.30. The monoisotopic (exact) mass is 223 g/mol. The Balaban J connectivity index is 2.62. The van der Waals surface area contributed by atoms with Gasteiger partial charge in [-0.3, -0.25) is 0 Å². The zero-order valence-electron chi connectivity index (χ0n) is 10.1. The molecule has 0 fully saturated rings. The molecule has 0 aliphatic rings. The van der Waals surface area contributed by atoms with Gasteiger partial charge in [0.05, 0.1) is 6.61 Å². The first-order valence-electron chi connectivity index (χ1n) is 5.64. The zero-order valence-corrected chi connectivity index (χ0v) is 10.1. The lowest BCUT2D eigenvalue weighted by atomic mass is 10.3. The van der Waals surface area contributed by atoms with Gasteiger partial charge in [0, 0.05) is 26.4 Å². The Kier molecular flexibility index (Phi) is 5.82. The highest BCUT2D eigenvalue weighted by Crippen LogP contribution is 2.11. The highest BCUT2D eigenvalue weighted by Gasteiger charge is 2.06. The summed E-state index contributed by atoms with van der Waals surface area (Å²) in [6.07, 6.45) is 2.86. The van der Waals surface area contributed by atoms with Crippen molar-refractivity contribution in [3.05, 3.63) is 23.9 Å². The minimum atomic E-state index is 0.704. The smallest absolute Gasteiger partial charge is 0.128 e. The van der Waals surface area contributed by atoms with Crippen LogP contribution in [0.4, 0.5) is 5.82 Å². The third-order valence-electron chi connectivity index (χ3n) is 2.42. The fourth-order valence-corrected chi connectivity index (χ4v) is 1.47. The summed E-state index contributed by atoms with van der Waals surface area (Å²) in [7, 11) is 1.71. The molecule has 1 rings (SSSR count). The van der Waals surface area contributed by atoms with Crippen molar-refractivity contribution in [2.75, 3.05) is 38.3 Å². The van der Waals surface area contributed by atoms with Gasteiger partial charge < -0.3 is 15.4 Å². The first kappa shape index (κ1) is 12.9. The van der Waals surface area contributed by atoms with E-state index in [1.807, 2.05) is 19.2 Å². The first-order chi connectivity index (χ1) is 7.77. The molecule has 0 saturated heterocycles. The second-order valence-corrected chi connectivity index (χ2v) is 3.82. The fourth-order valence-electron chi connectivity index (χ4n) is 1.47. The van der Waals surface area contributed by atoms with Gasteiger partial charge in [-0.25, -0.2) is 4.98 Å². The average molecular weight is 223 g/mol. The van der Waals surface area contributed by atoms with Gasteiger partial charge in [-0.2, -0.15) is 0 Å². The summed E-state index contributed by atoms with van der Waals surface area (Å²) in [5.41, 5.74) is 6.70. The SMILES string of the molecule is COCCN(CCCN)c1ccc(C)cn1. The quantitative estimate of drug-likeness (QED) is 0.754. The summed E-state index contributed by atoms with van der Waals surface area (Å²) in [6.45, 7) is 5.23. The Hall–Kier alpha value is -1.13. The maximum atomic E-state index is 5.53. The van der Waals surface area contributed by atoms with Crippen LogP contribution >= 0.6 is 0 Å². The van der Waals surface area contributed by atoms with Gasteiger partial charge in [0.1, 0.15) is 5.82 Å². The number of anilines is 1. The van der Waals surface area contributed by atoms with Gasteiger partial charge in [-0.15, -0.1) is 0 Å². The molecule has 0 amide bonds. The number of ether oxygens (including phenoxy) is 1. The molecule has 1 aromatic rings. The Morgan fingerprint density at radius 2 is 2.19 bits per heavy atom. The molecular weight excluding hydrogens is 202 g/mol. The summed E-state index contributed by atoms with van der Waals surface area (Å²) in [4.78, 5) is 6.62. The van der Waals surface area contributed by atoms with E-state index in [9.17, 15) is 0 Å². The van der Waals surface area contributed by atoms with E-state index in [4.69, 9.17) is 10.5 Å². The van der Waals surface area contributed by atoms with Crippen LogP contribution in [0.15, 0.2) is 18.3 Å². The number of hydrogen-bond donors (Lipinski definition) is 1. The van der Waals surface area contributed by atoms with E-state index in [-0.39, 0.29) is 0 Å². The molecule has 1 heterocycles. The number of aryl methyl sites for hydroxylation is 1. The summed E-state index contributed by atoms with van der Waals surface area (Å²) in [5, 5.41) is 0. The topological polar surface area (TPSA) is 51.4 Å². The lowest BCUT2D eigenvalue weighted by Gasteiger charge is -2.23. The molecule has 0 aromatic carbocycles. The van der Waals surface area contributed by atoms with Crippen molar-refractivity contribution in [3.63, 3.8) is 0 Å².